The summed E-state index contributed by atoms with van der Waals surface area (Å²) in [5.74, 6) is 0.0142. The summed E-state index contributed by atoms with van der Waals surface area (Å²) < 4.78 is 74.2. The maximum absolute atomic E-state index is 13.0. The minimum Gasteiger partial charge on any atom is -0.497 e. The number of carbonyl (C=O) groups is 1. The second-order valence-corrected chi connectivity index (χ2v) is 8.65. The number of ether oxygens (including phenoxy) is 2. The molecule has 0 spiro atoms. The van der Waals surface area contributed by atoms with Crippen LogP contribution in [0.25, 0.3) is 0 Å². The Morgan fingerprint density at radius 2 is 1.88 bits per heavy atom. The van der Waals surface area contributed by atoms with Gasteiger partial charge in [-0.15, -0.1) is 0 Å². The van der Waals surface area contributed by atoms with Crippen molar-refractivity contribution in [2.75, 3.05) is 31.3 Å². The Bertz CT molecular complexity index is 1120. The maximum Gasteiger partial charge on any atom is 0.416 e. The Balaban J connectivity index is 2.25. The molecule has 0 aromatic heterocycles. The molecular weight excluding hydrogens is 475 g/mol. The molecule has 0 aliphatic rings. The summed E-state index contributed by atoms with van der Waals surface area (Å²) in [5.41, 5.74) is 0.966. The van der Waals surface area contributed by atoms with Gasteiger partial charge in [0.2, 0.25) is 10.0 Å². The van der Waals surface area contributed by atoms with Gasteiger partial charge < -0.3 is 9.47 Å². The van der Waals surface area contributed by atoms with Gasteiger partial charge in [0.1, 0.15) is 18.0 Å². The van der Waals surface area contributed by atoms with Gasteiger partial charge in [0, 0.05) is 5.56 Å². The average Bonchev–Trinajstić information content (AvgIpc) is 2.70. The van der Waals surface area contributed by atoms with Crippen molar-refractivity contribution in [2.45, 2.75) is 6.18 Å². The van der Waals surface area contributed by atoms with E-state index in [1.165, 1.54) is 20.4 Å². The molecule has 8 nitrogen and oxygen atoms in total. The normalized spacial score (nSPS) is 12.0. The highest BCUT2D eigenvalue weighted by Crippen LogP contribution is 2.36. The molecule has 0 unspecified atom stereocenters. The fraction of sp³-hybridized carbons (Fsp3) is 0.263. The molecule has 0 radical (unpaired) electrons. The minimum absolute atomic E-state index is 0.277. The molecule has 0 bridgehead atoms. The van der Waals surface area contributed by atoms with E-state index in [1.807, 2.05) is 0 Å². The summed E-state index contributed by atoms with van der Waals surface area (Å²) in [7, 11) is -1.27. The first kappa shape index (κ1) is 25.3. The lowest BCUT2D eigenvalue weighted by atomic mass is 10.2. The molecule has 0 atom stereocenters. The highest BCUT2D eigenvalue weighted by atomic mass is 35.5. The predicted octanol–water partition coefficient (Wildman–Crippen LogP) is 3.29. The van der Waals surface area contributed by atoms with Crippen LogP contribution >= 0.6 is 11.6 Å². The molecule has 0 aliphatic heterocycles. The molecule has 2 aromatic carbocycles. The van der Waals surface area contributed by atoms with Crippen molar-refractivity contribution >= 4 is 39.4 Å². The van der Waals surface area contributed by atoms with Gasteiger partial charge in [-0.3, -0.25) is 9.10 Å². The number of hydrogen-bond acceptors (Lipinski definition) is 6. The Hall–Kier alpha value is -2.99. The van der Waals surface area contributed by atoms with E-state index in [2.05, 4.69) is 10.5 Å². The van der Waals surface area contributed by atoms with Crippen LogP contribution in [-0.4, -0.2) is 47.6 Å². The van der Waals surface area contributed by atoms with E-state index in [4.69, 9.17) is 21.1 Å². The highest BCUT2D eigenvalue weighted by Gasteiger charge is 2.33. The van der Waals surface area contributed by atoms with Crippen LogP contribution in [0.3, 0.4) is 0 Å². The van der Waals surface area contributed by atoms with Gasteiger partial charge in [-0.25, -0.2) is 13.8 Å². The van der Waals surface area contributed by atoms with Crippen molar-refractivity contribution in [1.29, 1.82) is 0 Å². The zero-order valence-electron chi connectivity index (χ0n) is 17.1. The quantitative estimate of drug-likeness (QED) is 0.449. The smallest absolute Gasteiger partial charge is 0.416 e. The fourth-order valence-electron chi connectivity index (χ4n) is 2.54. The topological polar surface area (TPSA) is 97.3 Å². The fourth-order valence-corrected chi connectivity index (χ4v) is 3.67. The second-order valence-electron chi connectivity index (χ2n) is 6.33. The Morgan fingerprint density at radius 3 is 2.44 bits per heavy atom. The van der Waals surface area contributed by atoms with Gasteiger partial charge in [0.15, 0.2) is 0 Å². The molecule has 32 heavy (non-hydrogen) atoms. The van der Waals surface area contributed by atoms with Gasteiger partial charge in [-0.1, -0.05) is 11.6 Å². The molecule has 0 saturated carbocycles. The molecule has 0 heterocycles. The standard InChI is InChI=1S/C19H19ClF3N3O5S/c1-30-14-5-7-17(31-2)12(8-14)10-24-25-18(27)11-26(32(3,28)29)16-9-13(19(21,22)23)4-6-15(16)20/h4-10H,11H2,1-3H3,(H,25,27)/b24-10-. The van der Waals surface area contributed by atoms with Gasteiger partial charge in [-0.05, 0) is 36.4 Å². The first-order chi connectivity index (χ1) is 14.9. The monoisotopic (exact) mass is 493 g/mol. The molecule has 1 amide bonds. The van der Waals surface area contributed by atoms with Crippen LogP contribution in [0.2, 0.25) is 5.02 Å². The van der Waals surface area contributed by atoms with E-state index in [1.54, 1.807) is 18.2 Å². The average molecular weight is 494 g/mol. The molecule has 0 aliphatic carbocycles. The zero-order valence-corrected chi connectivity index (χ0v) is 18.7. The Morgan fingerprint density at radius 1 is 1.19 bits per heavy atom. The summed E-state index contributed by atoms with van der Waals surface area (Å²) in [4.78, 5) is 12.3. The molecule has 0 saturated heterocycles. The summed E-state index contributed by atoms with van der Waals surface area (Å²) >= 11 is 5.92. The molecule has 1 N–H and O–H groups in total. The van der Waals surface area contributed by atoms with Gasteiger partial charge in [0.25, 0.3) is 5.91 Å². The largest absolute Gasteiger partial charge is 0.497 e. The number of methoxy groups -OCH3 is 2. The van der Waals surface area contributed by atoms with Crippen LogP contribution in [0.15, 0.2) is 41.5 Å². The van der Waals surface area contributed by atoms with Crippen molar-refractivity contribution in [3.8, 4) is 11.5 Å². The highest BCUT2D eigenvalue weighted by molar-refractivity contribution is 7.92. The zero-order chi connectivity index (χ0) is 24.1. The second kappa shape index (κ2) is 10.1. The summed E-state index contributed by atoms with van der Waals surface area (Å²) in [6.07, 6.45) is -2.76. The number of benzene rings is 2. The van der Waals surface area contributed by atoms with Gasteiger partial charge in [0.05, 0.1) is 43.0 Å². The number of halogens is 4. The van der Waals surface area contributed by atoms with Crippen LogP contribution in [-0.2, 0) is 21.0 Å². The van der Waals surface area contributed by atoms with Crippen molar-refractivity contribution in [2.24, 2.45) is 5.10 Å². The third-order valence-corrected chi connectivity index (χ3v) is 5.51. The van der Waals surface area contributed by atoms with Crippen molar-refractivity contribution < 1.29 is 35.9 Å². The summed E-state index contributed by atoms with van der Waals surface area (Å²) in [6, 6.07) is 7.02. The Labute approximate surface area is 187 Å². The number of hydrogen-bond donors (Lipinski definition) is 1. The molecule has 2 rings (SSSR count). The van der Waals surface area contributed by atoms with Crippen LogP contribution in [0, 0.1) is 0 Å². The summed E-state index contributed by atoms with van der Waals surface area (Å²) in [5, 5.41) is 3.46. The summed E-state index contributed by atoms with van der Waals surface area (Å²) in [6.45, 7) is -0.855. The lowest BCUT2D eigenvalue weighted by molar-refractivity contribution is -0.137. The molecule has 0 fully saturated rings. The van der Waals surface area contributed by atoms with E-state index < -0.39 is 39.9 Å². The number of anilines is 1. The number of alkyl halides is 3. The van der Waals surface area contributed by atoms with E-state index in [9.17, 15) is 26.4 Å². The van der Waals surface area contributed by atoms with Crippen LogP contribution in [0.5, 0.6) is 11.5 Å². The van der Waals surface area contributed by atoms with Crippen LogP contribution in [0.4, 0.5) is 18.9 Å². The lowest BCUT2D eigenvalue weighted by Gasteiger charge is -2.23. The first-order valence-electron chi connectivity index (χ1n) is 8.75. The third kappa shape index (κ3) is 6.50. The Kier molecular flexibility index (Phi) is 7.97. The third-order valence-electron chi connectivity index (χ3n) is 4.06. The van der Waals surface area contributed by atoms with Crippen molar-refractivity contribution in [3.63, 3.8) is 0 Å². The van der Waals surface area contributed by atoms with Crippen LogP contribution in [0.1, 0.15) is 11.1 Å². The van der Waals surface area contributed by atoms with Gasteiger partial charge >= 0.3 is 6.18 Å². The van der Waals surface area contributed by atoms with Crippen LogP contribution < -0.4 is 19.2 Å². The molecule has 174 valence electrons. The van der Waals surface area contributed by atoms with E-state index in [0.717, 1.165) is 12.3 Å². The lowest BCUT2D eigenvalue weighted by Crippen LogP contribution is -2.39. The van der Waals surface area contributed by atoms with E-state index >= 15 is 0 Å². The van der Waals surface area contributed by atoms with Gasteiger partial charge in [-0.2, -0.15) is 18.3 Å². The number of hydrazone groups is 1. The van der Waals surface area contributed by atoms with Crippen molar-refractivity contribution in [3.05, 3.63) is 52.5 Å². The van der Waals surface area contributed by atoms with Crippen molar-refractivity contribution in [1.82, 2.24) is 5.43 Å². The molecule has 2 aromatic rings. The number of carbonyl (C=O) groups excluding carboxylic acids is 1. The number of nitrogens with one attached hydrogen (secondary N) is 1. The van der Waals surface area contributed by atoms with E-state index in [-0.39, 0.29) is 5.02 Å². The number of sulfonamides is 1. The first-order valence-corrected chi connectivity index (χ1v) is 11.0. The molecular formula is C19H19ClF3N3O5S. The maximum atomic E-state index is 13.0. The predicted molar refractivity (Wildman–Crippen MR) is 114 cm³/mol. The van der Waals surface area contributed by atoms with E-state index in [0.29, 0.717) is 33.5 Å². The SMILES string of the molecule is COc1ccc(OC)c(/C=N\NC(=O)CN(c2cc(C(F)(F)F)ccc2Cl)S(C)(=O)=O)c1. The minimum atomic E-state index is -4.73. The number of nitrogens with zero attached hydrogens (tertiary/aromatic N) is 2. The number of rotatable bonds is 8. The molecule has 13 heteroatoms. The number of amides is 1.